The highest BCUT2D eigenvalue weighted by Gasteiger charge is 2.45. The maximum absolute atomic E-state index is 12.0. The van der Waals surface area contributed by atoms with Crippen molar-refractivity contribution in [1.29, 1.82) is 0 Å². The molecule has 1 saturated carbocycles. The molecule has 0 heterocycles. The summed E-state index contributed by atoms with van der Waals surface area (Å²) in [5.41, 5.74) is 0. The van der Waals surface area contributed by atoms with Gasteiger partial charge in [-0.15, -0.1) is 0 Å². The second-order valence-electron chi connectivity index (χ2n) is 3.27. The fourth-order valence-corrected chi connectivity index (χ4v) is 2.84. The number of rotatable bonds is 5. The van der Waals surface area contributed by atoms with Gasteiger partial charge in [-0.05, 0) is 12.3 Å². The number of alkyl halides is 2. The minimum Gasteiger partial charge on any atom is -0.216 e. The lowest BCUT2D eigenvalue weighted by atomic mass is 10.4. The topological polar surface area (TPSA) is 46.2 Å². The second-order valence-corrected chi connectivity index (χ2v) is 5.12. The third-order valence-electron chi connectivity index (χ3n) is 2.10. The molecular weight excluding hydrogens is 200 g/mol. The van der Waals surface area contributed by atoms with Gasteiger partial charge in [0.25, 0.3) is 0 Å². The van der Waals surface area contributed by atoms with Crippen LogP contribution in [0.1, 0.15) is 13.3 Å². The van der Waals surface area contributed by atoms with E-state index in [-0.39, 0.29) is 11.7 Å². The Hall–Kier alpha value is -0.230. The van der Waals surface area contributed by atoms with Gasteiger partial charge in [0.1, 0.15) is 0 Å². The van der Waals surface area contributed by atoms with Gasteiger partial charge in [0, 0.05) is 12.5 Å². The van der Waals surface area contributed by atoms with Crippen molar-refractivity contribution in [2.24, 2.45) is 11.8 Å². The molecule has 0 radical (unpaired) electrons. The molecular formula is C7H13F2NO2S. The predicted octanol–water partition coefficient (Wildman–Crippen LogP) is 0.827. The zero-order chi connectivity index (χ0) is 10.1. The van der Waals surface area contributed by atoms with Crippen LogP contribution in [0.15, 0.2) is 0 Å². The summed E-state index contributed by atoms with van der Waals surface area (Å²) in [6.07, 6.45) is -2.04. The van der Waals surface area contributed by atoms with E-state index >= 15 is 0 Å². The predicted molar refractivity (Wildman–Crippen MR) is 45.1 cm³/mol. The Labute approximate surface area is 76.6 Å². The smallest absolute Gasteiger partial charge is 0.216 e. The molecule has 1 rings (SSSR count). The summed E-state index contributed by atoms with van der Waals surface area (Å²) in [6, 6.07) is 0. The summed E-state index contributed by atoms with van der Waals surface area (Å²) >= 11 is 0. The monoisotopic (exact) mass is 213 g/mol. The first-order valence-corrected chi connectivity index (χ1v) is 5.87. The lowest BCUT2D eigenvalue weighted by Crippen LogP contribution is -2.27. The highest BCUT2D eigenvalue weighted by molar-refractivity contribution is 7.89. The summed E-state index contributed by atoms with van der Waals surface area (Å²) in [5.74, 6) is -1.20. The van der Waals surface area contributed by atoms with Crippen LogP contribution >= 0.6 is 0 Å². The van der Waals surface area contributed by atoms with Gasteiger partial charge >= 0.3 is 0 Å². The normalized spacial score (nSPS) is 28.0. The molecule has 0 aliphatic heterocycles. The second kappa shape index (κ2) is 3.88. The van der Waals surface area contributed by atoms with E-state index in [1.54, 1.807) is 6.92 Å². The Morgan fingerprint density at radius 2 is 2.15 bits per heavy atom. The Morgan fingerprint density at radius 1 is 1.54 bits per heavy atom. The standard InChI is InChI=1S/C7H13F2NO2S/c1-2-10-13(11,12)4-5-3-6(5)7(8)9/h5-7,10H,2-4H2,1H3/t5-,6+/m0/s1. The van der Waals surface area contributed by atoms with Gasteiger partial charge in [-0.25, -0.2) is 21.9 Å². The average Bonchev–Trinajstić information content (AvgIpc) is 2.65. The first kappa shape index (κ1) is 10.8. The SMILES string of the molecule is CCNS(=O)(=O)C[C@@H]1C[C@H]1C(F)F. The van der Waals surface area contributed by atoms with Crippen molar-refractivity contribution in [2.75, 3.05) is 12.3 Å². The van der Waals surface area contributed by atoms with Crippen molar-refractivity contribution in [3.05, 3.63) is 0 Å². The Kier molecular flexibility index (Phi) is 3.23. The summed E-state index contributed by atoms with van der Waals surface area (Å²) < 4.78 is 48.5. The maximum atomic E-state index is 12.0. The molecule has 2 atom stereocenters. The molecule has 1 aliphatic carbocycles. The van der Waals surface area contributed by atoms with E-state index in [0.29, 0.717) is 13.0 Å². The van der Waals surface area contributed by atoms with Gasteiger partial charge < -0.3 is 0 Å². The van der Waals surface area contributed by atoms with E-state index in [1.165, 1.54) is 0 Å². The van der Waals surface area contributed by atoms with Crippen LogP contribution in [0.3, 0.4) is 0 Å². The molecule has 3 nitrogen and oxygen atoms in total. The zero-order valence-electron chi connectivity index (χ0n) is 7.33. The number of halogens is 2. The van der Waals surface area contributed by atoms with Crippen LogP contribution in [0.4, 0.5) is 8.78 Å². The van der Waals surface area contributed by atoms with Crippen LogP contribution in [0, 0.1) is 11.8 Å². The van der Waals surface area contributed by atoms with Crippen molar-refractivity contribution in [1.82, 2.24) is 4.72 Å². The molecule has 0 aromatic rings. The van der Waals surface area contributed by atoms with Crippen LogP contribution in [-0.2, 0) is 10.0 Å². The van der Waals surface area contributed by atoms with Gasteiger partial charge in [-0.3, -0.25) is 0 Å². The van der Waals surface area contributed by atoms with E-state index in [1.807, 2.05) is 0 Å². The first-order valence-electron chi connectivity index (χ1n) is 4.21. The summed E-state index contributed by atoms with van der Waals surface area (Å²) in [5, 5.41) is 0. The molecule has 13 heavy (non-hydrogen) atoms. The molecule has 0 amide bonds. The molecule has 1 fully saturated rings. The fraction of sp³-hybridized carbons (Fsp3) is 1.00. The van der Waals surface area contributed by atoms with Crippen LogP contribution < -0.4 is 4.72 Å². The van der Waals surface area contributed by atoms with Crippen molar-refractivity contribution in [2.45, 2.75) is 19.8 Å². The van der Waals surface area contributed by atoms with E-state index in [9.17, 15) is 17.2 Å². The minimum atomic E-state index is -3.32. The van der Waals surface area contributed by atoms with Gasteiger partial charge in [0.2, 0.25) is 16.4 Å². The molecule has 0 aromatic carbocycles. The first-order chi connectivity index (χ1) is 5.96. The molecule has 0 aromatic heterocycles. The van der Waals surface area contributed by atoms with Crippen LogP contribution in [0.25, 0.3) is 0 Å². The Morgan fingerprint density at radius 3 is 2.54 bits per heavy atom. The third-order valence-corrected chi connectivity index (χ3v) is 3.69. The minimum absolute atomic E-state index is 0.157. The number of hydrogen-bond donors (Lipinski definition) is 1. The van der Waals surface area contributed by atoms with Crippen molar-refractivity contribution >= 4 is 10.0 Å². The molecule has 0 spiro atoms. The highest BCUT2D eigenvalue weighted by Crippen LogP contribution is 2.43. The summed E-state index contributed by atoms with van der Waals surface area (Å²) in [6.45, 7) is 1.98. The summed E-state index contributed by atoms with van der Waals surface area (Å²) in [4.78, 5) is 0. The van der Waals surface area contributed by atoms with E-state index in [2.05, 4.69) is 4.72 Å². The summed E-state index contributed by atoms with van der Waals surface area (Å²) in [7, 11) is -3.32. The van der Waals surface area contributed by atoms with Crippen LogP contribution in [0.5, 0.6) is 0 Å². The third kappa shape index (κ3) is 3.19. The number of sulfonamides is 1. The molecule has 0 bridgehead atoms. The van der Waals surface area contributed by atoms with Gasteiger partial charge in [0.15, 0.2) is 0 Å². The van der Waals surface area contributed by atoms with Crippen LogP contribution in [-0.4, -0.2) is 27.1 Å². The molecule has 0 saturated heterocycles. The van der Waals surface area contributed by atoms with Crippen molar-refractivity contribution in [3.63, 3.8) is 0 Å². The molecule has 1 N–H and O–H groups in total. The highest BCUT2D eigenvalue weighted by atomic mass is 32.2. The zero-order valence-corrected chi connectivity index (χ0v) is 8.15. The number of nitrogens with one attached hydrogen (secondary N) is 1. The molecule has 0 unspecified atom stereocenters. The van der Waals surface area contributed by atoms with E-state index in [4.69, 9.17) is 0 Å². The van der Waals surface area contributed by atoms with Gasteiger partial charge in [0.05, 0.1) is 5.75 Å². The molecule has 1 aliphatic rings. The maximum Gasteiger partial charge on any atom is 0.241 e. The van der Waals surface area contributed by atoms with Crippen molar-refractivity contribution in [3.8, 4) is 0 Å². The quantitative estimate of drug-likeness (QED) is 0.735. The lowest BCUT2D eigenvalue weighted by molar-refractivity contribution is 0.117. The molecule has 78 valence electrons. The lowest BCUT2D eigenvalue weighted by Gasteiger charge is -2.02. The van der Waals surface area contributed by atoms with Crippen LogP contribution in [0.2, 0.25) is 0 Å². The van der Waals surface area contributed by atoms with Crippen molar-refractivity contribution < 1.29 is 17.2 Å². The fourth-order valence-electron chi connectivity index (χ4n) is 1.33. The Balaban J connectivity index is 2.36. The average molecular weight is 213 g/mol. The molecule has 6 heteroatoms. The largest absolute Gasteiger partial charge is 0.241 e. The Bertz CT molecular complexity index is 266. The number of hydrogen-bond acceptors (Lipinski definition) is 2. The van der Waals surface area contributed by atoms with Gasteiger partial charge in [-0.2, -0.15) is 0 Å². The van der Waals surface area contributed by atoms with E-state index in [0.717, 1.165) is 0 Å². The van der Waals surface area contributed by atoms with E-state index < -0.39 is 22.4 Å². The van der Waals surface area contributed by atoms with Gasteiger partial charge in [-0.1, -0.05) is 6.92 Å².